The number of benzene rings is 1. The van der Waals surface area contributed by atoms with Crippen LogP contribution in [0.4, 0.5) is 11.4 Å². The van der Waals surface area contributed by atoms with Crippen molar-refractivity contribution < 1.29 is 18.8 Å². The number of rotatable bonds is 7. The minimum atomic E-state index is -0.160. The molecule has 0 spiro atoms. The highest BCUT2D eigenvalue weighted by molar-refractivity contribution is 5.95. The summed E-state index contributed by atoms with van der Waals surface area (Å²) in [5.74, 6) is 0.0745. The standard InChI is InChI=1S/C20H24N4O4/c1-15(25)21-16-4-2-5-17(12-16)22-20(27)14-24-9-7-23(8-10-24)13-18(26)19-6-3-11-28-19/h2-6,11-12H,7-10,13-14H2,1H3,(H,21,25)(H,22,27). The maximum Gasteiger partial charge on any atom is 0.238 e. The normalized spacial score (nSPS) is 15.2. The molecule has 1 aliphatic heterocycles. The van der Waals surface area contributed by atoms with Crippen LogP contribution in [0, 0.1) is 0 Å². The summed E-state index contributed by atoms with van der Waals surface area (Å²) < 4.78 is 5.13. The molecule has 0 aliphatic carbocycles. The molecule has 1 aromatic heterocycles. The topological polar surface area (TPSA) is 94.9 Å². The molecule has 1 fully saturated rings. The molecule has 148 valence electrons. The average Bonchev–Trinajstić information content (AvgIpc) is 3.18. The van der Waals surface area contributed by atoms with Crippen molar-refractivity contribution in [3.8, 4) is 0 Å². The monoisotopic (exact) mass is 384 g/mol. The summed E-state index contributed by atoms with van der Waals surface area (Å²) in [6.07, 6.45) is 1.50. The molecule has 0 bridgehead atoms. The molecule has 3 rings (SSSR count). The first-order chi connectivity index (χ1) is 13.5. The van der Waals surface area contributed by atoms with Gasteiger partial charge < -0.3 is 15.1 Å². The van der Waals surface area contributed by atoms with Gasteiger partial charge in [0, 0.05) is 44.5 Å². The molecule has 0 unspecified atom stereocenters. The molecule has 1 aliphatic rings. The second-order valence-corrected chi connectivity index (χ2v) is 6.76. The Kier molecular flexibility index (Phi) is 6.57. The van der Waals surface area contributed by atoms with Gasteiger partial charge in [0.25, 0.3) is 0 Å². The highest BCUT2D eigenvalue weighted by Gasteiger charge is 2.21. The molecule has 2 aromatic rings. The summed E-state index contributed by atoms with van der Waals surface area (Å²) >= 11 is 0. The fourth-order valence-corrected chi connectivity index (χ4v) is 3.11. The molecular formula is C20H24N4O4. The molecule has 1 saturated heterocycles. The van der Waals surface area contributed by atoms with Gasteiger partial charge in [-0.25, -0.2) is 0 Å². The zero-order valence-corrected chi connectivity index (χ0v) is 15.8. The first-order valence-corrected chi connectivity index (χ1v) is 9.18. The van der Waals surface area contributed by atoms with Crippen LogP contribution in [0.1, 0.15) is 17.5 Å². The van der Waals surface area contributed by atoms with Gasteiger partial charge >= 0.3 is 0 Å². The third-order valence-electron chi connectivity index (χ3n) is 4.46. The lowest BCUT2D eigenvalue weighted by atomic mass is 10.2. The first kappa shape index (κ1) is 19.8. The van der Waals surface area contributed by atoms with Crippen LogP contribution < -0.4 is 10.6 Å². The van der Waals surface area contributed by atoms with E-state index in [2.05, 4.69) is 20.4 Å². The molecule has 0 saturated carbocycles. The fourth-order valence-electron chi connectivity index (χ4n) is 3.11. The molecule has 2 heterocycles. The highest BCUT2D eigenvalue weighted by atomic mass is 16.3. The molecule has 2 amide bonds. The second-order valence-electron chi connectivity index (χ2n) is 6.76. The Morgan fingerprint density at radius 2 is 1.57 bits per heavy atom. The Bertz CT molecular complexity index is 826. The number of furan rings is 1. The fraction of sp³-hybridized carbons (Fsp3) is 0.350. The Hall–Kier alpha value is -2.97. The van der Waals surface area contributed by atoms with Gasteiger partial charge in [-0.3, -0.25) is 24.2 Å². The van der Waals surface area contributed by atoms with Gasteiger partial charge in [-0.15, -0.1) is 0 Å². The number of nitrogens with one attached hydrogen (secondary N) is 2. The lowest BCUT2D eigenvalue weighted by Crippen LogP contribution is -2.49. The van der Waals surface area contributed by atoms with E-state index in [0.29, 0.717) is 36.8 Å². The van der Waals surface area contributed by atoms with Gasteiger partial charge in [0.1, 0.15) is 0 Å². The highest BCUT2D eigenvalue weighted by Crippen LogP contribution is 2.15. The molecule has 0 atom stereocenters. The number of ketones is 1. The summed E-state index contributed by atoms with van der Waals surface area (Å²) in [5, 5.41) is 5.54. The third kappa shape index (κ3) is 5.77. The minimum Gasteiger partial charge on any atom is -0.461 e. The van der Waals surface area contributed by atoms with Crippen molar-refractivity contribution in [3.05, 3.63) is 48.4 Å². The lowest BCUT2D eigenvalue weighted by molar-refractivity contribution is -0.117. The van der Waals surface area contributed by atoms with Crippen LogP contribution in [-0.2, 0) is 9.59 Å². The summed E-state index contributed by atoms with van der Waals surface area (Å²) in [6, 6.07) is 10.4. The van der Waals surface area contributed by atoms with Crippen molar-refractivity contribution in [2.24, 2.45) is 0 Å². The van der Waals surface area contributed by atoms with Crippen LogP contribution in [-0.4, -0.2) is 66.7 Å². The summed E-state index contributed by atoms with van der Waals surface area (Å²) in [4.78, 5) is 39.7. The molecule has 2 N–H and O–H groups in total. The van der Waals surface area contributed by atoms with Gasteiger partial charge in [0.15, 0.2) is 5.76 Å². The Morgan fingerprint density at radius 3 is 2.18 bits per heavy atom. The van der Waals surface area contributed by atoms with Gasteiger partial charge in [-0.2, -0.15) is 0 Å². The summed E-state index contributed by atoms with van der Waals surface area (Å²) in [5.41, 5.74) is 1.28. The smallest absolute Gasteiger partial charge is 0.238 e. The number of piperazine rings is 1. The quantitative estimate of drug-likeness (QED) is 0.706. The van der Waals surface area contributed by atoms with E-state index in [1.54, 1.807) is 36.4 Å². The molecule has 0 radical (unpaired) electrons. The molecule has 8 nitrogen and oxygen atoms in total. The molecule has 28 heavy (non-hydrogen) atoms. The molecule has 8 heteroatoms. The largest absolute Gasteiger partial charge is 0.461 e. The predicted molar refractivity (Wildman–Crippen MR) is 105 cm³/mol. The first-order valence-electron chi connectivity index (χ1n) is 9.18. The molecule has 1 aromatic carbocycles. The van der Waals surface area contributed by atoms with Crippen molar-refractivity contribution >= 4 is 29.0 Å². The zero-order chi connectivity index (χ0) is 19.9. The van der Waals surface area contributed by atoms with Gasteiger partial charge in [-0.05, 0) is 30.3 Å². The van der Waals surface area contributed by atoms with Crippen molar-refractivity contribution in [2.75, 3.05) is 49.9 Å². The van der Waals surface area contributed by atoms with Crippen LogP contribution in [0.3, 0.4) is 0 Å². The van der Waals surface area contributed by atoms with Gasteiger partial charge in [0.05, 0.1) is 19.4 Å². The number of carbonyl (C=O) groups excluding carboxylic acids is 3. The van der Waals surface area contributed by atoms with Crippen LogP contribution in [0.25, 0.3) is 0 Å². The van der Waals surface area contributed by atoms with E-state index < -0.39 is 0 Å². The Balaban J connectivity index is 1.42. The van der Waals surface area contributed by atoms with E-state index in [0.717, 1.165) is 13.1 Å². The number of Topliss-reactive ketones (excluding diaryl/α,β-unsaturated/α-hetero) is 1. The van der Waals surface area contributed by atoms with Gasteiger partial charge in [-0.1, -0.05) is 6.07 Å². The van der Waals surface area contributed by atoms with Crippen LogP contribution in [0.15, 0.2) is 47.1 Å². The second kappa shape index (κ2) is 9.29. The number of carbonyl (C=O) groups is 3. The third-order valence-corrected chi connectivity index (χ3v) is 4.46. The number of amides is 2. The summed E-state index contributed by atoms with van der Waals surface area (Å²) in [7, 11) is 0. The van der Waals surface area contributed by atoms with Crippen molar-refractivity contribution in [2.45, 2.75) is 6.92 Å². The number of nitrogens with zero attached hydrogens (tertiary/aromatic N) is 2. The molecular weight excluding hydrogens is 360 g/mol. The van der Waals surface area contributed by atoms with Crippen molar-refractivity contribution in [1.29, 1.82) is 0 Å². The van der Waals surface area contributed by atoms with Crippen LogP contribution in [0.5, 0.6) is 0 Å². The van der Waals surface area contributed by atoms with Gasteiger partial charge in [0.2, 0.25) is 17.6 Å². The van der Waals surface area contributed by atoms with E-state index >= 15 is 0 Å². The number of hydrogen-bond acceptors (Lipinski definition) is 6. The van der Waals surface area contributed by atoms with Crippen molar-refractivity contribution in [1.82, 2.24) is 9.80 Å². The lowest BCUT2D eigenvalue weighted by Gasteiger charge is -2.33. The SMILES string of the molecule is CC(=O)Nc1cccc(NC(=O)CN2CCN(CC(=O)c3ccco3)CC2)c1. The maximum atomic E-state index is 12.3. The van der Waals surface area contributed by atoms with Crippen LogP contribution >= 0.6 is 0 Å². The summed E-state index contributed by atoms with van der Waals surface area (Å²) in [6.45, 7) is 4.91. The van der Waals surface area contributed by atoms with E-state index in [-0.39, 0.29) is 24.1 Å². The van der Waals surface area contributed by atoms with E-state index in [1.165, 1.54) is 13.2 Å². The number of hydrogen-bond donors (Lipinski definition) is 2. The Morgan fingerprint density at radius 1 is 0.929 bits per heavy atom. The predicted octanol–water partition coefficient (Wildman–Crippen LogP) is 1.68. The Labute approximate surface area is 163 Å². The van der Waals surface area contributed by atoms with E-state index in [1.807, 2.05) is 0 Å². The number of anilines is 2. The van der Waals surface area contributed by atoms with E-state index in [4.69, 9.17) is 4.42 Å². The van der Waals surface area contributed by atoms with Crippen LogP contribution in [0.2, 0.25) is 0 Å². The van der Waals surface area contributed by atoms with Crippen molar-refractivity contribution in [3.63, 3.8) is 0 Å². The average molecular weight is 384 g/mol. The minimum absolute atomic E-state index is 0.0322. The van der Waals surface area contributed by atoms with E-state index in [9.17, 15) is 14.4 Å². The zero-order valence-electron chi connectivity index (χ0n) is 15.8. The maximum absolute atomic E-state index is 12.3.